The lowest BCUT2D eigenvalue weighted by Gasteiger charge is -2.23. The van der Waals surface area contributed by atoms with Gasteiger partial charge in [0.05, 0.1) is 19.8 Å². The maximum Gasteiger partial charge on any atom is 0.408 e. The standard InChI is InChI=1S/C21H31NO6/c1-14-9-16(10-15-7-6-8-17(11-15)25-5)12-26-13-18(19(23)27-14)22-20(24)28-21(2,3)4/h6-8,11,14,16,18H,9-10,12-13H2,1-5H3,(H,22,24)/t14?,16?,18-/m0/s1. The Bertz CT molecular complexity index is 669. The first-order chi connectivity index (χ1) is 13.2. The first kappa shape index (κ1) is 22.0. The number of alkyl carbamates (subject to hydrolysis) is 1. The average molecular weight is 393 g/mol. The summed E-state index contributed by atoms with van der Waals surface area (Å²) in [5, 5.41) is 2.54. The number of carbonyl (C=O) groups is 2. The lowest BCUT2D eigenvalue weighted by molar-refractivity contribution is -0.151. The number of methoxy groups -OCH3 is 1. The summed E-state index contributed by atoms with van der Waals surface area (Å²) in [4.78, 5) is 24.4. The van der Waals surface area contributed by atoms with Crippen LogP contribution in [0.3, 0.4) is 0 Å². The van der Waals surface area contributed by atoms with Crippen molar-refractivity contribution in [1.29, 1.82) is 0 Å². The summed E-state index contributed by atoms with van der Waals surface area (Å²) >= 11 is 0. The molecule has 1 fully saturated rings. The largest absolute Gasteiger partial charge is 0.497 e. The Morgan fingerprint density at radius 1 is 1.29 bits per heavy atom. The molecule has 7 heteroatoms. The Morgan fingerprint density at radius 3 is 2.71 bits per heavy atom. The van der Waals surface area contributed by atoms with Crippen LogP contribution in [0.2, 0.25) is 0 Å². The first-order valence-electron chi connectivity index (χ1n) is 9.57. The van der Waals surface area contributed by atoms with Crippen molar-refractivity contribution in [2.24, 2.45) is 5.92 Å². The Kier molecular flexibility index (Phi) is 7.69. The third-order valence-corrected chi connectivity index (χ3v) is 4.25. The van der Waals surface area contributed by atoms with E-state index in [0.717, 1.165) is 17.7 Å². The van der Waals surface area contributed by atoms with Gasteiger partial charge in [0.15, 0.2) is 6.04 Å². The third-order valence-electron chi connectivity index (χ3n) is 4.25. The molecule has 2 unspecified atom stereocenters. The molecule has 0 aromatic heterocycles. The van der Waals surface area contributed by atoms with Crippen LogP contribution in [0.5, 0.6) is 5.75 Å². The highest BCUT2D eigenvalue weighted by molar-refractivity contribution is 5.81. The van der Waals surface area contributed by atoms with Crippen LogP contribution in [0.1, 0.15) is 39.7 Å². The summed E-state index contributed by atoms with van der Waals surface area (Å²) < 4.78 is 21.8. The molecule has 1 amide bonds. The molecular formula is C21H31NO6. The minimum absolute atomic E-state index is 0.0411. The molecule has 1 aromatic carbocycles. The van der Waals surface area contributed by atoms with Crippen molar-refractivity contribution < 1.29 is 28.5 Å². The van der Waals surface area contributed by atoms with E-state index in [4.69, 9.17) is 18.9 Å². The molecule has 0 aliphatic carbocycles. The summed E-state index contributed by atoms with van der Waals surface area (Å²) in [6, 6.07) is 7.00. The Labute approximate surface area is 166 Å². The van der Waals surface area contributed by atoms with Crippen LogP contribution in [0.15, 0.2) is 24.3 Å². The van der Waals surface area contributed by atoms with Gasteiger partial charge in [-0.15, -0.1) is 0 Å². The number of ether oxygens (including phenoxy) is 4. The summed E-state index contributed by atoms with van der Waals surface area (Å²) in [5.41, 5.74) is 0.483. The van der Waals surface area contributed by atoms with Crippen LogP contribution in [0, 0.1) is 5.92 Å². The van der Waals surface area contributed by atoms with Gasteiger partial charge in [0, 0.05) is 6.61 Å². The van der Waals surface area contributed by atoms with Crippen molar-refractivity contribution in [3.05, 3.63) is 29.8 Å². The molecule has 1 heterocycles. The SMILES string of the molecule is COc1cccc(CC2COC[C@H](NC(=O)OC(C)(C)C)C(=O)OC(C)C2)c1. The zero-order valence-electron chi connectivity index (χ0n) is 17.3. The van der Waals surface area contributed by atoms with Crippen LogP contribution < -0.4 is 10.1 Å². The first-order valence-corrected chi connectivity index (χ1v) is 9.57. The molecule has 1 aromatic rings. The van der Waals surface area contributed by atoms with Gasteiger partial charge in [-0.3, -0.25) is 0 Å². The maximum absolute atomic E-state index is 12.4. The molecule has 7 nitrogen and oxygen atoms in total. The van der Waals surface area contributed by atoms with Gasteiger partial charge in [-0.1, -0.05) is 12.1 Å². The van der Waals surface area contributed by atoms with E-state index >= 15 is 0 Å². The quantitative estimate of drug-likeness (QED) is 0.792. The van der Waals surface area contributed by atoms with Gasteiger partial charge in [-0.05, 0) is 64.2 Å². The molecule has 1 N–H and O–H groups in total. The highest BCUT2D eigenvalue weighted by atomic mass is 16.6. The van der Waals surface area contributed by atoms with Crippen LogP contribution in [-0.4, -0.2) is 50.1 Å². The summed E-state index contributed by atoms with van der Waals surface area (Å²) in [7, 11) is 1.64. The summed E-state index contributed by atoms with van der Waals surface area (Å²) in [5.74, 6) is 0.471. The molecule has 1 aliphatic heterocycles. The maximum atomic E-state index is 12.4. The van der Waals surface area contributed by atoms with E-state index in [9.17, 15) is 9.59 Å². The normalized spacial score (nSPS) is 23.6. The highest BCUT2D eigenvalue weighted by Gasteiger charge is 2.29. The molecule has 0 spiro atoms. The molecular weight excluding hydrogens is 362 g/mol. The Morgan fingerprint density at radius 2 is 2.04 bits per heavy atom. The van der Waals surface area contributed by atoms with E-state index in [1.54, 1.807) is 27.9 Å². The average Bonchev–Trinajstić information content (AvgIpc) is 2.64. The second-order valence-corrected chi connectivity index (χ2v) is 8.14. The van der Waals surface area contributed by atoms with Gasteiger partial charge in [0.1, 0.15) is 11.4 Å². The number of hydrogen-bond acceptors (Lipinski definition) is 6. The van der Waals surface area contributed by atoms with Gasteiger partial charge >= 0.3 is 12.1 Å². The smallest absolute Gasteiger partial charge is 0.408 e. The van der Waals surface area contributed by atoms with E-state index < -0.39 is 23.7 Å². The number of nitrogens with one attached hydrogen (secondary N) is 1. The predicted molar refractivity (Wildman–Crippen MR) is 104 cm³/mol. The minimum Gasteiger partial charge on any atom is -0.497 e. The molecule has 28 heavy (non-hydrogen) atoms. The lowest BCUT2D eigenvalue weighted by atomic mass is 9.94. The summed E-state index contributed by atoms with van der Waals surface area (Å²) in [6.07, 6.45) is 0.497. The fraction of sp³-hybridized carbons (Fsp3) is 0.619. The van der Waals surface area contributed by atoms with Crippen molar-refractivity contribution in [2.75, 3.05) is 20.3 Å². The predicted octanol–water partition coefficient (Wildman–Crippen LogP) is 3.10. The summed E-state index contributed by atoms with van der Waals surface area (Å²) in [6.45, 7) is 7.64. The van der Waals surface area contributed by atoms with E-state index in [1.165, 1.54) is 0 Å². The van der Waals surface area contributed by atoms with Crippen LogP contribution >= 0.6 is 0 Å². The fourth-order valence-electron chi connectivity index (χ4n) is 3.11. The van der Waals surface area contributed by atoms with Crippen molar-refractivity contribution in [3.63, 3.8) is 0 Å². The second kappa shape index (κ2) is 9.78. The molecule has 0 bridgehead atoms. The lowest BCUT2D eigenvalue weighted by Crippen LogP contribution is -2.47. The number of benzene rings is 1. The number of carbonyl (C=O) groups excluding carboxylic acids is 2. The van der Waals surface area contributed by atoms with Crippen molar-refractivity contribution in [2.45, 2.75) is 58.3 Å². The fourth-order valence-corrected chi connectivity index (χ4v) is 3.11. The minimum atomic E-state index is -0.895. The van der Waals surface area contributed by atoms with E-state index in [2.05, 4.69) is 5.32 Å². The number of esters is 1. The van der Waals surface area contributed by atoms with E-state index in [0.29, 0.717) is 13.0 Å². The van der Waals surface area contributed by atoms with E-state index in [-0.39, 0.29) is 18.6 Å². The monoisotopic (exact) mass is 393 g/mol. The number of cyclic esters (lactones) is 1. The zero-order chi connectivity index (χ0) is 20.7. The Hall–Kier alpha value is -2.28. The van der Waals surface area contributed by atoms with Gasteiger partial charge in [0.2, 0.25) is 0 Å². The number of amides is 1. The second-order valence-electron chi connectivity index (χ2n) is 8.14. The van der Waals surface area contributed by atoms with Gasteiger partial charge in [0.25, 0.3) is 0 Å². The van der Waals surface area contributed by atoms with Crippen LogP contribution in [0.4, 0.5) is 4.79 Å². The van der Waals surface area contributed by atoms with E-state index in [1.807, 2.05) is 31.2 Å². The topological polar surface area (TPSA) is 83.1 Å². The highest BCUT2D eigenvalue weighted by Crippen LogP contribution is 2.21. The molecule has 3 atom stereocenters. The van der Waals surface area contributed by atoms with Gasteiger partial charge in [-0.2, -0.15) is 0 Å². The third kappa shape index (κ3) is 7.38. The molecule has 1 saturated heterocycles. The van der Waals surface area contributed by atoms with Gasteiger partial charge in [-0.25, -0.2) is 9.59 Å². The number of rotatable bonds is 4. The van der Waals surface area contributed by atoms with Crippen LogP contribution in [0.25, 0.3) is 0 Å². The zero-order valence-corrected chi connectivity index (χ0v) is 17.3. The van der Waals surface area contributed by atoms with Crippen LogP contribution in [-0.2, 0) is 25.4 Å². The van der Waals surface area contributed by atoms with Crippen molar-refractivity contribution >= 4 is 12.1 Å². The van der Waals surface area contributed by atoms with Crippen molar-refractivity contribution in [1.82, 2.24) is 5.32 Å². The molecule has 156 valence electrons. The van der Waals surface area contributed by atoms with Crippen molar-refractivity contribution in [3.8, 4) is 5.75 Å². The Balaban J connectivity index is 1.98. The van der Waals surface area contributed by atoms with Gasteiger partial charge < -0.3 is 24.3 Å². The number of hydrogen-bond donors (Lipinski definition) is 1. The molecule has 0 saturated carbocycles. The molecule has 1 aliphatic rings. The molecule has 0 radical (unpaired) electrons. The molecule has 2 rings (SSSR count).